The summed E-state index contributed by atoms with van der Waals surface area (Å²) >= 11 is 0. The summed E-state index contributed by atoms with van der Waals surface area (Å²) in [6.07, 6.45) is 2.89. The van der Waals surface area contributed by atoms with E-state index in [9.17, 15) is 15.0 Å². The summed E-state index contributed by atoms with van der Waals surface area (Å²) in [6, 6.07) is 9.58. The van der Waals surface area contributed by atoms with E-state index in [1.165, 1.54) is 4.57 Å². The molecule has 7 nitrogen and oxygen atoms in total. The number of aromatic hydroxyl groups is 2. The van der Waals surface area contributed by atoms with E-state index in [4.69, 9.17) is 10.00 Å². The number of carbonyl (C=O) groups excluding carboxylic acids is 1. The molecule has 0 aliphatic heterocycles. The van der Waals surface area contributed by atoms with E-state index in [-0.39, 0.29) is 48.6 Å². The molecule has 3 atom stereocenters. The first-order valence-corrected chi connectivity index (χ1v) is 9.38. The third-order valence-corrected chi connectivity index (χ3v) is 6.08. The Balaban J connectivity index is 1.42. The Morgan fingerprint density at radius 2 is 2.04 bits per heavy atom. The maximum atomic E-state index is 12.8. The molecule has 3 unspecified atom stereocenters. The standard InChI is InChI=1S/C21H19N3O4/c22-6-3-7-24-19(25)17-11-8-13(18(17)20(24)26)16(9-11)28-21(27)14-10-23-15-5-2-1-4-12(14)15/h1-2,4-5,10-11,13,16,23,25-26H,3,7-9H2. The van der Waals surface area contributed by atoms with Gasteiger partial charge in [-0.05, 0) is 24.8 Å². The van der Waals surface area contributed by atoms with Crippen molar-refractivity contribution in [1.29, 1.82) is 5.26 Å². The smallest absolute Gasteiger partial charge is 0.340 e. The second-order valence-electron chi connectivity index (χ2n) is 7.50. The zero-order chi connectivity index (χ0) is 19.4. The largest absolute Gasteiger partial charge is 0.494 e. The van der Waals surface area contributed by atoms with Crippen LogP contribution in [-0.4, -0.2) is 31.8 Å². The predicted molar refractivity (Wildman–Crippen MR) is 100 cm³/mol. The fourth-order valence-electron chi connectivity index (χ4n) is 4.88. The van der Waals surface area contributed by atoms with Crippen LogP contribution in [0.5, 0.6) is 11.8 Å². The molecule has 0 spiro atoms. The second-order valence-corrected chi connectivity index (χ2v) is 7.50. The Bertz CT molecular complexity index is 1140. The van der Waals surface area contributed by atoms with E-state index in [1.54, 1.807) is 6.20 Å². The molecule has 1 fully saturated rings. The first-order chi connectivity index (χ1) is 13.6. The van der Waals surface area contributed by atoms with Gasteiger partial charge in [0.15, 0.2) is 11.8 Å². The number of para-hydroxylation sites is 1. The normalized spacial score (nSPS) is 22.3. The van der Waals surface area contributed by atoms with Crippen molar-refractivity contribution in [3.8, 4) is 17.8 Å². The van der Waals surface area contributed by atoms with Crippen molar-refractivity contribution in [1.82, 2.24) is 9.55 Å². The summed E-state index contributed by atoms with van der Waals surface area (Å²) in [5, 5.41) is 30.7. The molecule has 5 rings (SSSR count). The van der Waals surface area contributed by atoms with Gasteiger partial charge < -0.3 is 19.9 Å². The van der Waals surface area contributed by atoms with E-state index in [2.05, 4.69) is 4.98 Å². The number of nitriles is 1. The number of nitrogens with zero attached hydrogens (tertiary/aromatic N) is 2. The van der Waals surface area contributed by atoms with Crippen LogP contribution in [0.15, 0.2) is 30.5 Å². The van der Waals surface area contributed by atoms with E-state index in [0.29, 0.717) is 17.5 Å². The van der Waals surface area contributed by atoms with Crippen molar-refractivity contribution in [3.63, 3.8) is 0 Å². The van der Waals surface area contributed by atoms with Gasteiger partial charge in [0.05, 0.1) is 18.1 Å². The number of nitrogens with one attached hydrogen (secondary N) is 1. The van der Waals surface area contributed by atoms with Crippen molar-refractivity contribution in [2.24, 2.45) is 0 Å². The lowest BCUT2D eigenvalue weighted by Crippen LogP contribution is -2.23. The molecule has 2 aromatic heterocycles. The zero-order valence-corrected chi connectivity index (χ0v) is 15.1. The average molecular weight is 377 g/mol. The van der Waals surface area contributed by atoms with E-state index in [0.717, 1.165) is 22.9 Å². The molecule has 1 aromatic carbocycles. The minimum Gasteiger partial charge on any atom is -0.494 e. The van der Waals surface area contributed by atoms with Crippen molar-refractivity contribution in [2.75, 3.05) is 0 Å². The zero-order valence-electron chi connectivity index (χ0n) is 15.1. The molecule has 2 aliphatic carbocycles. The van der Waals surface area contributed by atoms with Crippen LogP contribution in [0.4, 0.5) is 0 Å². The van der Waals surface area contributed by atoms with Gasteiger partial charge in [-0.3, -0.25) is 4.57 Å². The molecule has 3 N–H and O–H groups in total. The average Bonchev–Trinajstić information content (AvgIpc) is 3.43. The number of ether oxygens (including phenoxy) is 1. The van der Waals surface area contributed by atoms with E-state index in [1.807, 2.05) is 30.3 Å². The van der Waals surface area contributed by atoms with E-state index < -0.39 is 0 Å². The molecule has 3 aromatic rings. The van der Waals surface area contributed by atoms with Crippen molar-refractivity contribution in [2.45, 2.75) is 43.7 Å². The SMILES string of the molecule is N#CCCn1c(O)c2c(c1O)C1CC2CC1OC(=O)c1c[nH]c2ccccc12. The minimum absolute atomic E-state index is 0.0110. The highest BCUT2D eigenvalue weighted by molar-refractivity contribution is 6.04. The molecular formula is C21H19N3O4. The molecule has 0 amide bonds. The highest BCUT2D eigenvalue weighted by Crippen LogP contribution is 2.60. The second kappa shape index (κ2) is 6.06. The van der Waals surface area contributed by atoms with Crippen molar-refractivity contribution >= 4 is 16.9 Å². The molecule has 1 saturated carbocycles. The van der Waals surface area contributed by atoms with Gasteiger partial charge in [0, 0.05) is 40.7 Å². The van der Waals surface area contributed by atoms with Crippen LogP contribution < -0.4 is 0 Å². The van der Waals surface area contributed by atoms with Gasteiger partial charge in [-0.2, -0.15) is 5.26 Å². The summed E-state index contributed by atoms with van der Waals surface area (Å²) < 4.78 is 7.21. The number of aromatic nitrogens is 2. The van der Waals surface area contributed by atoms with Crippen molar-refractivity contribution < 1.29 is 19.7 Å². The summed E-state index contributed by atoms with van der Waals surface area (Å²) in [7, 11) is 0. The number of aromatic amines is 1. The number of esters is 1. The molecule has 2 heterocycles. The maximum Gasteiger partial charge on any atom is 0.340 e. The lowest BCUT2D eigenvalue weighted by atomic mass is 9.92. The van der Waals surface area contributed by atoms with Crippen LogP contribution in [0, 0.1) is 11.3 Å². The van der Waals surface area contributed by atoms with Crippen LogP contribution in [0.3, 0.4) is 0 Å². The van der Waals surface area contributed by atoms with Gasteiger partial charge in [0.25, 0.3) is 0 Å². The number of hydrogen-bond donors (Lipinski definition) is 3. The lowest BCUT2D eigenvalue weighted by molar-refractivity contribution is 0.0268. The van der Waals surface area contributed by atoms with Crippen LogP contribution in [0.2, 0.25) is 0 Å². The van der Waals surface area contributed by atoms with Gasteiger partial charge in [0.2, 0.25) is 0 Å². The number of benzene rings is 1. The predicted octanol–water partition coefficient (Wildman–Crippen LogP) is 3.49. The third-order valence-electron chi connectivity index (χ3n) is 6.08. The highest BCUT2D eigenvalue weighted by Gasteiger charge is 2.51. The third kappa shape index (κ3) is 2.24. The van der Waals surface area contributed by atoms with Crippen LogP contribution >= 0.6 is 0 Å². The maximum absolute atomic E-state index is 12.8. The molecular weight excluding hydrogens is 358 g/mol. The van der Waals surface area contributed by atoms with Gasteiger partial charge >= 0.3 is 5.97 Å². The molecule has 28 heavy (non-hydrogen) atoms. The number of fused-ring (bicyclic) bond motifs is 6. The summed E-state index contributed by atoms with van der Waals surface area (Å²) in [6.45, 7) is 0.237. The Morgan fingerprint density at radius 1 is 1.25 bits per heavy atom. The monoisotopic (exact) mass is 377 g/mol. The lowest BCUT2D eigenvalue weighted by Gasteiger charge is -2.22. The topological polar surface area (TPSA) is 111 Å². The Morgan fingerprint density at radius 3 is 2.86 bits per heavy atom. The van der Waals surface area contributed by atoms with Gasteiger partial charge in [-0.15, -0.1) is 0 Å². The molecule has 0 radical (unpaired) electrons. The first-order valence-electron chi connectivity index (χ1n) is 9.38. The molecule has 142 valence electrons. The first kappa shape index (κ1) is 16.8. The summed E-state index contributed by atoms with van der Waals surface area (Å²) in [4.78, 5) is 15.8. The van der Waals surface area contributed by atoms with Crippen LogP contribution in [0.1, 0.15) is 52.6 Å². The van der Waals surface area contributed by atoms with Crippen LogP contribution in [0.25, 0.3) is 10.9 Å². The Kier molecular flexibility index (Phi) is 3.63. The Labute approximate surface area is 160 Å². The molecule has 0 saturated heterocycles. The molecule has 2 bridgehead atoms. The number of hydrogen-bond acceptors (Lipinski definition) is 5. The number of carbonyl (C=O) groups is 1. The molecule has 7 heteroatoms. The molecule has 2 aliphatic rings. The van der Waals surface area contributed by atoms with Crippen LogP contribution in [-0.2, 0) is 11.3 Å². The highest BCUT2D eigenvalue weighted by atomic mass is 16.5. The summed E-state index contributed by atoms with van der Waals surface area (Å²) in [5.41, 5.74) is 2.79. The Hall–Kier alpha value is -3.40. The number of rotatable bonds is 4. The van der Waals surface area contributed by atoms with Crippen molar-refractivity contribution in [3.05, 3.63) is 47.2 Å². The van der Waals surface area contributed by atoms with Gasteiger partial charge in [-0.25, -0.2) is 4.79 Å². The van der Waals surface area contributed by atoms with Gasteiger partial charge in [0.1, 0.15) is 6.10 Å². The van der Waals surface area contributed by atoms with Gasteiger partial charge in [-0.1, -0.05) is 18.2 Å². The van der Waals surface area contributed by atoms with E-state index >= 15 is 0 Å². The fraction of sp³-hybridized carbons (Fsp3) is 0.333. The fourth-order valence-corrected chi connectivity index (χ4v) is 4.88. The summed E-state index contributed by atoms with van der Waals surface area (Å²) in [5.74, 6) is -0.442. The quantitative estimate of drug-likeness (QED) is 0.603. The number of H-pyrrole nitrogens is 1. The minimum atomic E-state index is -0.385.